The molecule has 0 unspecified atom stereocenters. The number of carbonyl (C=O) groups is 3. The molecular formula is C25H23N9O5. The second kappa shape index (κ2) is 10.5. The maximum atomic E-state index is 13.0. The fourth-order valence-corrected chi connectivity index (χ4v) is 4.32. The molecule has 2 aromatic carbocycles. The van der Waals surface area contributed by atoms with Gasteiger partial charge in [-0.3, -0.25) is 29.8 Å². The van der Waals surface area contributed by atoms with Crippen LogP contribution in [0.2, 0.25) is 0 Å². The van der Waals surface area contributed by atoms with Gasteiger partial charge in [0.2, 0.25) is 11.9 Å². The van der Waals surface area contributed by atoms with Crippen LogP contribution in [0, 0.1) is 10.1 Å². The molecule has 4 aromatic rings. The third-order valence-corrected chi connectivity index (χ3v) is 6.37. The van der Waals surface area contributed by atoms with E-state index < -0.39 is 16.7 Å². The quantitative estimate of drug-likeness (QED) is 0.205. The van der Waals surface area contributed by atoms with Crippen LogP contribution < -0.4 is 16.4 Å². The van der Waals surface area contributed by atoms with E-state index in [-0.39, 0.29) is 29.1 Å². The zero-order chi connectivity index (χ0) is 27.5. The molecule has 0 spiro atoms. The summed E-state index contributed by atoms with van der Waals surface area (Å²) in [7, 11) is 0. The third-order valence-electron chi connectivity index (χ3n) is 6.37. The van der Waals surface area contributed by atoms with Crippen molar-refractivity contribution in [3.63, 3.8) is 0 Å². The predicted molar refractivity (Wildman–Crippen MR) is 140 cm³/mol. The molecule has 14 heteroatoms. The van der Waals surface area contributed by atoms with E-state index in [1.165, 1.54) is 0 Å². The molecule has 1 fully saturated rings. The molecule has 14 nitrogen and oxygen atoms in total. The number of rotatable bonds is 7. The summed E-state index contributed by atoms with van der Waals surface area (Å²) in [5.41, 5.74) is 7.14. The number of nitrogens with two attached hydrogens (primary N) is 1. The fourth-order valence-electron chi connectivity index (χ4n) is 4.32. The largest absolute Gasteiger partial charge is 0.366 e. The standard InChI is InChI=1S/C25H23N9O5/c26-21(35)18-2-1-3-19-20(18)31-25(30-19)32-22(36)14-4-6-15(7-5-14)23(37)33-10-8-16(9-11-33)29-24-27-12-17(13-28-24)34(38)39/h1-7,12-13,16H,8-11H2,(H2,26,35)(H,27,28,29)(H2,30,31,32,36). The predicted octanol–water partition coefficient (Wildman–Crippen LogP) is 2.33. The Kier molecular flexibility index (Phi) is 6.82. The van der Waals surface area contributed by atoms with E-state index in [0.717, 1.165) is 12.4 Å². The first-order chi connectivity index (χ1) is 18.8. The second-order valence-corrected chi connectivity index (χ2v) is 8.92. The average Bonchev–Trinajstić information content (AvgIpc) is 3.36. The highest BCUT2D eigenvalue weighted by atomic mass is 16.6. The van der Waals surface area contributed by atoms with Crippen molar-refractivity contribution >= 4 is 46.3 Å². The number of nitrogens with one attached hydrogen (secondary N) is 3. The van der Waals surface area contributed by atoms with Gasteiger partial charge in [-0.25, -0.2) is 15.0 Å². The van der Waals surface area contributed by atoms with Crippen molar-refractivity contribution in [3.8, 4) is 0 Å². The highest BCUT2D eigenvalue weighted by molar-refractivity contribution is 6.07. The number of nitro groups is 1. The Morgan fingerprint density at radius 2 is 1.69 bits per heavy atom. The van der Waals surface area contributed by atoms with Crippen molar-refractivity contribution in [2.45, 2.75) is 18.9 Å². The summed E-state index contributed by atoms with van der Waals surface area (Å²) in [4.78, 5) is 64.4. The van der Waals surface area contributed by atoms with Crippen LogP contribution in [0.5, 0.6) is 0 Å². The SMILES string of the molecule is NC(=O)c1cccc2[nH]c(NC(=O)c3ccc(C(=O)N4CCC(Nc5ncc([N+](=O)[O-])cn5)CC4)cc3)nc12. The highest BCUT2D eigenvalue weighted by Gasteiger charge is 2.24. The van der Waals surface area contributed by atoms with Crippen molar-refractivity contribution in [2.24, 2.45) is 5.73 Å². The van der Waals surface area contributed by atoms with Gasteiger partial charge in [0.1, 0.15) is 17.9 Å². The lowest BCUT2D eigenvalue weighted by molar-refractivity contribution is -0.385. The Labute approximate surface area is 220 Å². The number of aromatic amines is 1. The van der Waals surface area contributed by atoms with Crippen molar-refractivity contribution in [2.75, 3.05) is 23.7 Å². The molecular weight excluding hydrogens is 506 g/mol. The topological polar surface area (TPSA) is 202 Å². The summed E-state index contributed by atoms with van der Waals surface area (Å²) in [6.45, 7) is 1.01. The van der Waals surface area contributed by atoms with Gasteiger partial charge >= 0.3 is 5.69 Å². The number of benzene rings is 2. The number of para-hydroxylation sites is 1. The Balaban J connectivity index is 1.16. The lowest BCUT2D eigenvalue weighted by Crippen LogP contribution is -2.42. The van der Waals surface area contributed by atoms with Gasteiger partial charge in [-0.1, -0.05) is 6.07 Å². The van der Waals surface area contributed by atoms with E-state index in [9.17, 15) is 24.5 Å². The molecule has 0 atom stereocenters. The Hall–Kier alpha value is -5.40. The number of aromatic nitrogens is 4. The zero-order valence-corrected chi connectivity index (χ0v) is 20.5. The minimum atomic E-state index is -0.621. The van der Waals surface area contributed by atoms with Crippen molar-refractivity contribution in [3.05, 3.63) is 81.7 Å². The van der Waals surface area contributed by atoms with Gasteiger partial charge in [-0.15, -0.1) is 0 Å². The lowest BCUT2D eigenvalue weighted by Gasteiger charge is -2.32. The molecule has 2 aromatic heterocycles. The molecule has 5 N–H and O–H groups in total. The summed E-state index contributed by atoms with van der Waals surface area (Å²) in [5, 5.41) is 16.5. The molecule has 1 aliphatic rings. The zero-order valence-electron chi connectivity index (χ0n) is 20.5. The van der Waals surface area contributed by atoms with E-state index >= 15 is 0 Å². The third kappa shape index (κ3) is 5.49. The smallest absolute Gasteiger partial charge is 0.305 e. The van der Waals surface area contributed by atoms with Crippen LogP contribution in [-0.2, 0) is 0 Å². The molecule has 198 valence electrons. The van der Waals surface area contributed by atoms with E-state index in [1.54, 1.807) is 47.4 Å². The molecule has 0 aliphatic carbocycles. The molecule has 1 saturated heterocycles. The van der Waals surface area contributed by atoms with Crippen LogP contribution in [0.1, 0.15) is 43.9 Å². The molecule has 3 heterocycles. The summed E-state index contributed by atoms with van der Waals surface area (Å²) < 4.78 is 0. The van der Waals surface area contributed by atoms with E-state index in [4.69, 9.17) is 5.73 Å². The number of nitrogens with zero attached hydrogens (tertiary/aromatic N) is 5. The van der Waals surface area contributed by atoms with Gasteiger partial charge in [0.05, 0.1) is 16.0 Å². The maximum Gasteiger partial charge on any atom is 0.305 e. The van der Waals surface area contributed by atoms with Crippen molar-refractivity contribution in [1.82, 2.24) is 24.8 Å². The second-order valence-electron chi connectivity index (χ2n) is 8.92. The average molecular weight is 530 g/mol. The van der Waals surface area contributed by atoms with Crippen LogP contribution in [-0.4, -0.2) is 66.6 Å². The van der Waals surface area contributed by atoms with Gasteiger partial charge in [-0.2, -0.15) is 0 Å². The fraction of sp³-hybridized carbons (Fsp3) is 0.200. The number of imidazole rings is 1. The number of hydrogen-bond donors (Lipinski definition) is 4. The Bertz CT molecular complexity index is 1560. The first-order valence-corrected chi connectivity index (χ1v) is 12.0. The van der Waals surface area contributed by atoms with E-state index in [2.05, 4.69) is 30.6 Å². The number of hydrogen-bond acceptors (Lipinski definition) is 9. The molecule has 1 aliphatic heterocycles. The summed E-state index contributed by atoms with van der Waals surface area (Å²) in [6.07, 6.45) is 3.60. The van der Waals surface area contributed by atoms with Crippen LogP contribution >= 0.6 is 0 Å². The molecule has 39 heavy (non-hydrogen) atoms. The normalized spacial score (nSPS) is 13.7. The number of carbonyl (C=O) groups excluding carboxylic acids is 3. The highest BCUT2D eigenvalue weighted by Crippen LogP contribution is 2.20. The number of amides is 3. The summed E-state index contributed by atoms with van der Waals surface area (Å²) >= 11 is 0. The lowest BCUT2D eigenvalue weighted by atomic mass is 10.0. The first-order valence-electron chi connectivity index (χ1n) is 12.0. The van der Waals surface area contributed by atoms with Gasteiger partial charge in [-0.05, 0) is 49.2 Å². The van der Waals surface area contributed by atoms with E-state index in [0.29, 0.717) is 54.0 Å². The minimum Gasteiger partial charge on any atom is -0.366 e. The number of piperidine rings is 1. The van der Waals surface area contributed by atoms with Crippen LogP contribution in [0.4, 0.5) is 17.6 Å². The molecule has 3 amide bonds. The van der Waals surface area contributed by atoms with Gasteiger partial charge in [0.15, 0.2) is 0 Å². The Morgan fingerprint density at radius 1 is 1.03 bits per heavy atom. The molecule has 0 saturated carbocycles. The minimum absolute atomic E-state index is 0.0267. The summed E-state index contributed by atoms with van der Waals surface area (Å²) in [5.74, 6) is -0.740. The number of fused-ring (bicyclic) bond motifs is 1. The van der Waals surface area contributed by atoms with Gasteiger partial charge in [0, 0.05) is 30.3 Å². The van der Waals surface area contributed by atoms with Crippen LogP contribution in [0.25, 0.3) is 11.0 Å². The monoisotopic (exact) mass is 529 g/mol. The maximum absolute atomic E-state index is 13.0. The number of H-pyrrole nitrogens is 1. The first kappa shape index (κ1) is 25.3. The van der Waals surface area contributed by atoms with Crippen LogP contribution in [0.3, 0.4) is 0 Å². The number of anilines is 2. The van der Waals surface area contributed by atoms with Gasteiger partial charge < -0.3 is 20.9 Å². The number of primary amides is 1. The van der Waals surface area contributed by atoms with Crippen molar-refractivity contribution in [1.29, 1.82) is 0 Å². The van der Waals surface area contributed by atoms with Crippen molar-refractivity contribution < 1.29 is 19.3 Å². The van der Waals surface area contributed by atoms with E-state index in [1.807, 2.05) is 0 Å². The van der Waals surface area contributed by atoms with Gasteiger partial charge in [0.25, 0.3) is 17.7 Å². The Morgan fingerprint density at radius 3 is 2.33 bits per heavy atom. The molecule has 5 rings (SSSR count). The summed E-state index contributed by atoms with van der Waals surface area (Å²) in [6, 6.07) is 11.3. The number of likely N-dealkylation sites (tertiary alicyclic amines) is 1. The molecule has 0 radical (unpaired) electrons. The molecule has 0 bridgehead atoms. The van der Waals surface area contributed by atoms with Crippen LogP contribution in [0.15, 0.2) is 54.9 Å².